The maximum atomic E-state index is 14.8. The molecule has 5 fully saturated rings. The van der Waals surface area contributed by atoms with Crippen LogP contribution in [-0.2, 0) is 64.9 Å². The molecule has 6 rings (SSSR count). The summed E-state index contributed by atoms with van der Waals surface area (Å²) in [6.07, 6.45) is 7.21. The van der Waals surface area contributed by atoms with Crippen LogP contribution in [0.15, 0.2) is 12.1 Å². The molecule has 3 unspecified atom stereocenters. The Morgan fingerprint density at radius 3 is 0.853 bits per heavy atom. The van der Waals surface area contributed by atoms with Crippen molar-refractivity contribution in [3.05, 3.63) is 28.8 Å². The fourth-order valence-electron chi connectivity index (χ4n) is 17.2. The van der Waals surface area contributed by atoms with Crippen LogP contribution >= 0.6 is 0 Å². The molecule has 5 heterocycles. The highest BCUT2D eigenvalue weighted by Crippen LogP contribution is 2.46. The van der Waals surface area contributed by atoms with E-state index in [1.54, 1.807) is 0 Å². The average Bonchev–Trinajstić information content (AvgIpc) is 0.810. The number of hydrogen-bond donors (Lipinski definition) is 1. The van der Waals surface area contributed by atoms with Crippen LogP contribution in [0.5, 0.6) is 5.75 Å². The summed E-state index contributed by atoms with van der Waals surface area (Å²) < 4.78 is 31.5. The Morgan fingerprint density at radius 2 is 0.632 bits per heavy atom. The van der Waals surface area contributed by atoms with Crippen molar-refractivity contribution in [3.63, 3.8) is 0 Å². The summed E-state index contributed by atoms with van der Waals surface area (Å²) in [6.45, 7) is 58.0. The highest BCUT2D eigenvalue weighted by Gasteiger charge is 2.52. The molecule has 5 aliphatic heterocycles. The second-order valence-corrected chi connectivity index (χ2v) is 38.6. The van der Waals surface area contributed by atoms with Crippen LogP contribution in [0.25, 0.3) is 0 Å². The minimum Gasteiger partial charge on any atom is -0.507 e. The monoisotopic (exact) mass is 1330 g/mol. The van der Waals surface area contributed by atoms with Gasteiger partial charge in [-0.25, -0.2) is 0 Å². The van der Waals surface area contributed by atoms with E-state index in [2.05, 4.69) is 259 Å². The molecule has 5 saturated heterocycles. The molecule has 1 aromatic rings. The number of likely N-dealkylation sites (tertiary alicyclic amines) is 5. The fourth-order valence-corrected chi connectivity index (χ4v) is 17.2. The fraction of sp³-hybridized carbons (Fsp3) is 0.861. The van der Waals surface area contributed by atoms with Gasteiger partial charge in [0.15, 0.2) is 0 Å². The lowest BCUT2D eigenvalue weighted by Gasteiger charge is -2.53. The van der Waals surface area contributed by atoms with Crippen LogP contribution in [0.4, 0.5) is 0 Å². The molecule has 0 bridgehead atoms. The number of aromatic hydroxyl groups is 1. The van der Waals surface area contributed by atoms with Gasteiger partial charge in [0.2, 0.25) is 0 Å². The van der Waals surface area contributed by atoms with E-state index < -0.39 is 73.0 Å². The number of piperidine rings is 5. The normalized spacial score (nSPS) is 25.2. The minimum atomic E-state index is -1.34. The number of esters is 5. The number of nitrogens with zero attached hydrogens (tertiary/aromatic N) is 5. The molecule has 546 valence electrons. The molecule has 0 spiro atoms. The van der Waals surface area contributed by atoms with Gasteiger partial charge in [-0.05, 0) is 214 Å². The number of phenolic OH excluding ortho intramolecular Hbond substituents is 1. The number of unbranched alkanes of at least 4 members (excludes halogenated alkanes) is 1. The largest absolute Gasteiger partial charge is 0.507 e. The number of hydrogen-bond acceptors (Lipinski definition) is 16. The van der Waals surface area contributed by atoms with E-state index in [-0.39, 0.29) is 84.2 Å². The second kappa shape index (κ2) is 29.0. The van der Waals surface area contributed by atoms with Crippen molar-refractivity contribution in [1.82, 2.24) is 24.5 Å². The van der Waals surface area contributed by atoms with Crippen LogP contribution in [0.2, 0.25) is 0 Å². The van der Waals surface area contributed by atoms with E-state index >= 15 is 0 Å². The van der Waals surface area contributed by atoms with Gasteiger partial charge in [-0.1, -0.05) is 73.4 Å². The van der Waals surface area contributed by atoms with Gasteiger partial charge in [0.05, 0.1) is 30.6 Å². The standard InChI is InChI=1S/C48H86N4O8.C31H53NO3/c1-41(2)23-31(24-42(3,4)49(41)17)57-37(53)21-35(39(55)59-33-27-45(9,10)51(19)46(11,12)28-33)36(40(56)60-34-29-47(13,14)52(20)48(15,16)30-34)22-38(54)58-32-25-43(5,6)50(18)44(7,8)26-32;1-13-14-15-22(27(34)35-23-19-30(8,9)32(12)31(10,11)20-23)16-21-17-24(28(2,3)4)26(33)25(18-21)29(5,6)7/h31-36H,21-30H2,1-20H3;17-18,22-23,33H,13-16,19-20H2,1-12H3. The summed E-state index contributed by atoms with van der Waals surface area (Å²) in [5, 5.41) is 11.1. The number of benzene rings is 1. The third-order valence-electron chi connectivity index (χ3n) is 24.2. The molecule has 0 radical (unpaired) electrons. The quantitative estimate of drug-likeness (QED) is 0.109. The predicted octanol–water partition coefficient (Wildman–Crippen LogP) is 15.3. The molecule has 0 aromatic heterocycles. The number of carbonyl (C=O) groups excluding carboxylic acids is 5. The zero-order valence-electron chi connectivity index (χ0n) is 66.4. The Balaban J connectivity index is 0.000000396. The van der Waals surface area contributed by atoms with Crippen molar-refractivity contribution in [2.45, 2.75) is 386 Å². The Labute approximate surface area is 578 Å². The summed E-state index contributed by atoms with van der Waals surface area (Å²) >= 11 is 0. The van der Waals surface area contributed by atoms with Crippen molar-refractivity contribution in [3.8, 4) is 5.75 Å². The van der Waals surface area contributed by atoms with Crippen LogP contribution < -0.4 is 0 Å². The summed E-state index contributed by atoms with van der Waals surface area (Å²) in [6, 6.07) is 4.22. The second-order valence-electron chi connectivity index (χ2n) is 38.6. The molecule has 16 heteroatoms. The van der Waals surface area contributed by atoms with E-state index in [1.807, 2.05) is 0 Å². The van der Waals surface area contributed by atoms with E-state index in [9.17, 15) is 29.1 Å². The number of ether oxygens (including phenoxy) is 5. The van der Waals surface area contributed by atoms with Gasteiger partial charge in [0.25, 0.3) is 0 Å². The van der Waals surface area contributed by atoms with E-state index in [0.29, 0.717) is 63.5 Å². The highest BCUT2D eigenvalue weighted by molar-refractivity contribution is 5.89. The maximum Gasteiger partial charge on any atom is 0.310 e. The van der Waals surface area contributed by atoms with E-state index in [4.69, 9.17) is 23.7 Å². The molecule has 3 atom stereocenters. The number of rotatable bonds is 18. The van der Waals surface area contributed by atoms with Gasteiger partial charge in [-0.2, -0.15) is 0 Å². The van der Waals surface area contributed by atoms with Crippen LogP contribution in [0.1, 0.15) is 300 Å². The van der Waals surface area contributed by atoms with E-state index in [1.165, 1.54) is 0 Å². The first-order valence-electron chi connectivity index (χ1n) is 36.3. The van der Waals surface area contributed by atoms with Crippen molar-refractivity contribution < 1.29 is 52.8 Å². The SMILES string of the molecule is CCCCC(Cc1cc(C(C)(C)C)c(O)c(C(C)(C)C)c1)C(=O)OC1CC(C)(C)N(C)C(C)(C)C1.CN1C(C)(C)CC(OC(=O)CC(C(=O)OC2CC(C)(C)N(C)C(C)(C)C2)C(CC(=O)OC2CC(C)(C)N(C)C(C)(C)C2)C(=O)OC2CC(C)(C)N(C)C(C)(C)C2)CC1(C)C. The van der Waals surface area contributed by atoms with Gasteiger partial charge in [-0.15, -0.1) is 0 Å². The van der Waals surface area contributed by atoms with E-state index in [0.717, 1.165) is 48.8 Å². The Morgan fingerprint density at radius 1 is 0.411 bits per heavy atom. The van der Waals surface area contributed by atoms with Gasteiger partial charge < -0.3 is 28.8 Å². The first-order chi connectivity index (χ1) is 42.7. The highest BCUT2D eigenvalue weighted by atomic mass is 16.6. The van der Waals surface area contributed by atoms with Crippen molar-refractivity contribution in [2.75, 3.05) is 35.2 Å². The lowest BCUT2D eigenvalue weighted by Crippen LogP contribution is -2.61. The minimum absolute atomic E-state index is 0.0220. The average molecular weight is 1340 g/mol. The van der Waals surface area contributed by atoms with Crippen LogP contribution in [0, 0.1) is 17.8 Å². The first-order valence-corrected chi connectivity index (χ1v) is 36.3. The van der Waals surface area contributed by atoms with Crippen molar-refractivity contribution in [1.29, 1.82) is 0 Å². The molecule has 1 N–H and O–H groups in total. The summed E-state index contributed by atoms with van der Waals surface area (Å²) in [7, 11) is 10.5. The third-order valence-corrected chi connectivity index (χ3v) is 24.2. The molecular formula is C79H139N5O11. The zero-order valence-corrected chi connectivity index (χ0v) is 66.4. The summed E-state index contributed by atoms with van der Waals surface area (Å²) in [5.41, 5.74) is 0.420. The van der Waals surface area contributed by atoms with Crippen LogP contribution in [-0.4, -0.2) is 181 Å². The lowest BCUT2D eigenvalue weighted by atomic mass is 9.77. The number of phenols is 1. The van der Waals surface area contributed by atoms with Crippen molar-refractivity contribution in [2.24, 2.45) is 17.8 Å². The Bertz CT molecular complexity index is 2610. The van der Waals surface area contributed by atoms with Gasteiger partial charge >= 0.3 is 29.8 Å². The van der Waals surface area contributed by atoms with Gasteiger partial charge in [0, 0.05) is 120 Å². The number of carbonyl (C=O) groups is 5. The molecular weight excluding hydrogens is 1190 g/mol. The Hall–Kier alpha value is -3.83. The Kier molecular flexibility index (Phi) is 25.0. The van der Waals surface area contributed by atoms with Crippen molar-refractivity contribution >= 4 is 29.8 Å². The molecule has 95 heavy (non-hydrogen) atoms. The van der Waals surface area contributed by atoms with Gasteiger partial charge in [-0.3, -0.25) is 48.5 Å². The molecule has 0 aliphatic carbocycles. The molecule has 5 aliphatic rings. The van der Waals surface area contributed by atoms with Gasteiger partial charge in [0.1, 0.15) is 36.3 Å². The molecule has 0 saturated carbocycles. The predicted molar refractivity (Wildman–Crippen MR) is 384 cm³/mol. The lowest BCUT2D eigenvalue weighted by molar-refractivity contribution is -0.182. The maximum absolute atomic E-state index is 14.8. The smallest absolute Gasteiger partial charge is 0.310 e. The molecule has 16 nitrogen and oxygen atoms in total. The summed E-state index contributed by atoms with van der Waals surface area (Å²) in [4.78, 5) is 83.4. The first kappa shape index (κ1) is 81.8. The topological polar surface area (TPSA) is 168 Å². The van der Waals surface area contributed by atoms with Crippen LogP contribution in [0.3, 0.4) is 0 Å². The molecule has 0 amide bonds. The zero-order chi connectivity index (χ0) is 73.0. The third kappa shape index (κ3) is 20.2. The molecule has 1 aromatic carbocycles. The summed E-state index contributed by atoms with van der Waals surface area (Å²) in [5.74, 6) is -5.13.